The molecule has 5 nitrogen and oxygen atoms in total. The molecule has 0 aromatic heterocycles. The minimum Gasteiger partial charge on any atom is -0.399 e. The number of anilines is 2. The third-order valence-corrected chi connectivity index (χ3v) is 5.37. The number of para-hydroxylation sites is 1. The third kappa shape index (κ3) is 3.50. The van der Waals surface area contributed by atoms with Crippen LogP contribution in [-0.2, 0) is 16.9 Å². The standard InChI is InChI=1S/C23H19ClN2O3/c24-17-10-8-15(9-11-17)14-26-20-7-2-1-6-19(20)23(29,22(26)28)13-21(27)16-4-3-5-18(25)12-16/h1-12,29H,13-14,25H2/t23-/m1/s1. The number of ketones is 1. The molecule has 6 heteroatoms. The summed E-state index contributed by atoms with van der Waals surface area (Å²) in [6.07, 6.45) is -0.358. The van der Waals surface area contributed by atoms with Crippen molar-refractivity contribution in [1.29, 1.82) is 0 Å². The number of fused-ring (bicyclic) bond motifs is 1. The average Bonchev–Trinajstić information content (AvgIpc) is 2.92. The topological polar surface area (TPSA) is 83.6 Å². The van der Waals surface area contributed by atoms with Crippen molar-refractivity contribution in [3.63, 3.8) is 0 Å². The number of Topliss-reactive ketones (excluding diaryl/α,β-unsaturated/α-hetero) is 1. The molecule has 1 heterocycles. The fourth-order valence-corrected chi connectivity index (χ4v) is 3.78. The summed E-state index contributed by atoms with van der Waals surface area (Å²) in [4.78, 5) is 27.6. The van der Waals surface area contributed by atoms with Gasteiger partial charge in [-0.05, 0) is 35.9 Å². The van der Waals surface area contributed by atoms with E-state index in [9.17, 15) is 14.7 Å². The Morgan fingerprint density at radius 3 is 2.48 bits per heavy atom. The molecule has 1 aliphatic heterocycles. The van der Waals surface area contributed by atoms with Gasteiger partial charge >= 0.3 is 0 Å². The number of benzene rings is 3. The second-order valence-corrected chi connectivity index (χ2v) is 7.56. The first kappa shape index (κ1) is 19.2. The van der Waals surface area contributed by atoms with Crippen LogP contribution in [0.3, 0.4) is 0 Å². The minimum absolute atomic E-state index is 0.266. The normalized spacial score (nSPS) is 18.0. The molecule has 0 unspecified atom stereocenters. The van der Waals surface area contributed by atoms with E-state index in [0.29, 0.717) is 27.5 Å². The van der Waals surface area contributed by atoms with E-state index >= 15 is 0 Å². The summed E-state index contributed by atoms with van der Waals surface area (Å²) >= 11 is 5.94. The molecular formula is C23H19ClN2O3. The molecule has 3 aromatic carbocycles. The van der Waals surface area contributed by atoms with Gasteiger partial charge in [0.2, 0.25) is 0 Å². The number of carbonyl (C=O) groups excluding carboxylic acids is 2. The summed E-state index contributed by atoms with van der Waals surface area (Å²) in [5.41, 5.74) is 6.53. The van der Waals surface area contributed by atoms with Crippen LogP contribution >= 0.6 is 11.6 Å². The van der Waals surface area contributed by atoms with Gasteiger partial charge < -0.3 is 15.7 Å². The van der Waals surface area contributed by atoms with E-state index in [2.05, 4.69) is 0 Å². The first-order valence-electron chi connectivity index (χ1n) is 9.15. The molecule has 0 spiro atoms. The molecule has 29 heavy (non-hydrogen) atoms. The zero-order valence-corrected chi connectivity index (χ0v) is 16.3. The maximum Gasteiger partial charge on any atom is 0.264 e. The van der Waals surface area contributed by atoms with Gasteiger partial charge in [-0.1, -0.05) is 54.1 Å². The number of amides is 1. The zero-order chi connectivity index (χ0) is 20.6. The highest BCUT2D eigenvalue weighted by Gasteiger charge is 2.50. The van der Waals surface area contributed by atoms with Gasteiger partial charge in [-0.3, -0.25) is 9.59 Å². The van der Waals surface area contributed by atoms with Crippen LogP contribution in [0.25, 0.3) is 0 Å². The third-order valence-electron chi connectivity index (χ3n) is 5.12. The molecule has 0 aliphatic carbocycles. The van der Waals surface area contributed by atoms with Crippen molar-refractivity contribution in [2.75, 3.05) is 10.6 Å². The molecule has 3 N–H and O–H groups in total. The number of hydrogen-bond acceptors (Lipinski definition) is 4. The Kier molecular flexibility index (Phi) is 4.86. The average molecular weight is 407 g/mol. The minimum atomic E-state index is -1.93. The lowest BCUT2D eigenvalue weighted by atomic mass is 9.88. The highest BCUT2D eigenvalue weighted by molar-refractivity contribution is 6.30. The van der Waals surface area contributed by atoms with Gasteiger partial charge in [0.25, 0.3) is 5.91 Å². The summed E-state index contributed by atoms with van der Waals surface area (Å²) in [6, 6.07) is 20.7. The van der Waals surface area contributed by atoms with E-state index in [1.807, 2.05) is 12.1 Å². The summed E-state index contributed by atoms with van der Waals surface area (Å²) in [6.45, 7) is 0.266. The van der Waals surface area contributed by atoms with Crippen LogP contribution in [0.15, 0.2) is 72.8 Å². The lowest BCUT2D eigenvalue weighted by molar-refractivity contribution is -0.136. The molecule has 0 radical (unpaired) electrons. The van der Waals surface area contributed by atoms with Crippen LogP contribution in [0.4, 0.5) is 11.4 Å². The Bertz CT molecular complexity index is 1100. The number of nitrogen functional groups attached to an aromatic ring is 1. The van der Waals surface area contributed by atoms with Crippen LogP contribution in [0.5, 0.6) is 0 Å². The molecule has 4 rings (SSSR count). The maximum absolute atomic E-state index is 13.3. The Morgan fingerprint density at radius 2 is 1.76 bits per heavy atom. The molecule has 0 bridgehead atoms. The summed E-state index contributed by atoms with van der Waals surface area (Å²) in [5, 5.41) is 11.9. The highest BCUT2D eigenvalue weighted by atomic mass is 35.5. The number of nitrogens with zero attached hydrogens (tertiary/aromatic N) is 1. The van der Waals surface area contributed by atoms with Gasteiger partial charge in [0, 0.05) is 21.8 Å². The molecule has 0 fully saturated rings. The molecule has 0 saturated carbocycles. The Morgan fingerprint density at radius 1 is 1.03 bits per heavy atom. The molecule has 1 atom stereocenters. The number of rotatable bonds is 5. The number of aliphatic hydroxyl groups is 1. The van der Waals surface area contributed by atoms with Crippen molar-refractivity contribution in [3.05, 3.63) is 94.5 Å². The Hall–Kier alpha value is -3.15. The van der Waals surface area contributed by atoms with Crippen molar-refractivity contribution in [2.24, 2.45) is 0 Å². The van der Waals surface area contributed by atoms with E-state index in [-0.39, 0.29) is 18.7 Å². The molecule has 146 valence electrons. The molecule has 1 amide bonds. The number of hydrogen-bond donors (Lipinski definition) is 2. The number of halogens is 1. The quantitative estimate of drug-likeness (QED) is 0.496. The van der Waals surface area contributed by atoms with Crippen molar-refractivity contribution in [3.8, 4) is 0 Å². The first-order chi connectivity index (χ1) is 13.9. The Balaban J connectivity index is 1.67. The van der Waals surface area contributed by atoms with E-state index in [1.54, 1.807) is 60.7 Å². The van der Waals surface area contributed by atoms with Gasteiger partial charge in [-0.2, -0.15) is 0 Å². The van der Waals surface area contributed by atoms with Crippen molar-refractivity contribution < 1.29 is 14.7 Å². The van der Waals surface area contributed by atoms with Gasteiger partial charge in [0.1, 0.15) is 0 Å². The van der Waals surface area contributed by atoms with Crippen LogP contribution in [0.1, 0.15) is 27.9 Å². The molecular weight excluding hydrogens is 388 g/mol. The van der Waals surface area contributed by atoms with E-state index < -0.39 is 11.5 Å². The van der Waals surface area contributed by atoms with Gasteiger partial charge in [0.15, 0.2) is 11.4 Å². The van der Waals surface area contributed by atoms with Crippen molar-refractivity contribution >= 4 is 34.7 Å². The lowest BCUT2D eigenvalue weighted by Crippen LogP contribution is -2.41. The monoisotopic (exact) mass is 406 g/mol. The smallest absolute Gasteiger partial charge is 0.264 e. The molecule has 0 saturated heterocycles. The number of carbonyl (C=O) groups is 2. The second kappa shape index (κ2) is 7.35. The lowest BCUT2D eigenvalue weighted by Gasteiger charge is -2.23. The Labute approximate surface area is 173 Å². The van der Waals surface area contributed by atoms with Crippen LogP contribution in [0, 0.1) is 0 Å². The van der Waals surface area contributed by atoms with Crippen LogP contribution < -0.4 is 10.6 Å². The number of nitrogens with two attached hydrogens (primary N) is 1. The molecule has 1 aliphatic rings. The van der Waals surface area contributed by atoms with E-state index in [0.717, 1.165) is 5.56 Å². The highest BCUT2D eigenvalue weighted by Crippen LogP contribution is 2.43. The zero-order valence-electron chi connectivity index (χ0n) is 15.5. The van der Waals surface area contributed by atoms with Gasteiger partial charge in [-0.15, -0.1) is 0 Å². The van der Waals surface area contributed by atoms with Gasteiger partial charge in [0.05, 0.1) is 18.7 Å². The molecule has 3 aromatic rings. The predicted octanol–water partition coefficient (Wildman–Crippen LogP) is 3.93. The van der Waals surface area contributed by atoms with Crippen molar-refractivity contribution in [2.45, 2.75) is 18.6 Å². The maximum atomic E-state index is 13.3. The predicted molar refractivity (Wildman–Crippen MR) is 113 cm³/mol. The largest absolute Gasteiger partial charge is 0.399 e. The van der Waals surface area contributed by atoms with E-state index in [4.69, 9.17) is 17.3 Å². The summed E-state index contributed by atoms with van der Waals surface area (Å²) in [7, 11) is 0. The fourth-order valence-electron chi connectivity index (χ4n) is 3.65. The fraction of sp³-hybridized carbons (Fsp3) is 0.130. The van der Waals surface area contributed by atoms with Crippen LogP contribution in [-0.4, -0.2) is 16.8 Å². The van der Waals surface area contributed by atoms with Crippen LogP contribution in [0.2, 0.25) is 5.02 Å². The SMILES string of the molecule is Nc1cccc(C(=O)C[C@]2(O)C(=O)N(Cc3ccc(Cl)cc3)c3ccccc32)c1. The van der Waals surface area contributed by atoms with Crippen molar-refractivity contribution in [1.82, 2.24) is 0 Å². The summed E-state index contributed by atoms with van der Waals surface area (Å²) < 4.78 is 0. The van der Waals surface area contributed by atoms with Gasteiger partial charge in [-0.25, -0.2) is 0 Å². The summed E-state index contributed by atoms with van der Waals surface area (Å²) in [5.74, 6) is -0.873. The van der Waals surface area contributed by atoms with E-state index in [1.165, 1.54) is 4.90 Å². The second-order valence-electron chi connectivity index (χ2n) is 7.12. The first-order valence-corrected chi connectivity index (χ1v) is 9.53.